The maximum Gasteiger partial charge on any atom is 0.416 e. The average Bonchev–Trinajstić information content (AvgIpc) is 2.85. The number of hydrogen-bond donors (Lipinski definition) is 0. The first-order valence-electron chi connectivity index (χ1n) is 12.3. The third-order valence-electron chi connectivity index (χ3n) is 7.00. The number of hydrogen-bond acceptors (Lipinski definition) is 4. The Labute approximate surface area is 204 Å². The van der Waals surface area contributed by atoms with Gasteiger partial charge in [-0.1, -0.05) is 24.6 Å². The van der Waals surface area contributed by atoms with Crippen molar-refractivity contribution in [2.45, 2.75) is 44.5 Å². The fraction of sp³-hybridized carbons (Fsp3) is 0.519. The van der Waals surface area contributed by atoms with Gasteiger partial charge < -0.3 is 14.4 Å². The summed E-state index contributed by atoms with van der Waals surface area (Å²) < 4.78 is 50.4. The molecule has 2 aromatic carbocycles. The molecule has 5 nitrogen and oxygen atoms in total. The summed E-state index contributed by atoms with van der Waals surface area (Å²) in [6, 6.07) is 12.7. The number of alkyl halides is 3. The van der Waals surface area contributed by atoms with E-state index in [4.69, 9.17) is 9.47 Å². The molecule has 190 valence electrons. The van der Waals surface area contributed by atoms with Crippen LogP contribution in [0.1, 0.15) is 47.2 Å². The Morgan fingerprint density at radius 2 is 1.83 bits per heavy atom. The fourth-order valence-corrected chi connectivity index (χ4v) is 5.05. The first-order chi connectivity index (χ1) is 16.8. The summed E-state index contributed by atoms with van der Waals surface area (Å²) in [7, 11) is 1.74. The molecule has 0 radical (unpaired) electrons. The quantitative estimate of drug-likeness (QED) is 0.590. The van der Waals surface area contributed by atoms with E-state index in [0.717, 1.165) is 49.9 Å². The standard InChI is InChI=1S/C27H33F3N2O3/c1-34-25-12-14-32-19-22(25)5-2-3-13-31(18-20-8-10-23(11-9-20)27(28,29)30)15-16-35-24-7-4-6-21(17-24)26(32)33/h4,6-11,17,22,25H,2-3,5,12-16,18-19H2,1H3/t22-,25+/m0/s1. The molecule has 0 aliphatic carbocycles. The highest BCUT2D eigenvalue weighted by Gasteiger charge is 2.32. The van der Waals surface area contributed by atoms with E-state index in [1.54, 1.807) is 25.3 Å². The van der Waals surface area contributed by atoms with Gasteiger partial charge in [-0.25, -0.2) is 0 Å². The molecule has 1 fully saturated rings. The fourth-order valence-electron chi connectivity index (χ4n) is 5.05. The molecule has 4 rings (SSSR count). The van der Waals surface area contributed by atoms with Gasteiger partial charge in [-0.3, -0.25) is 9.69 Å². The van der Waals surface area contributed by atoms with Crippen LogP contribution in [0.25, 0.3) is 0 Å². The first kappa shape index (κ1) is 25.5. The summed E-state index contributed by atoms with van der Waals surface area (Å²) in [6.07, 6.45) is -0.455. The highest BCUT2D eigenvalue weighted by atomic mass is 19.4. The number of benzene rings is 2. The van der Waals surface area contributed by atoms with Crippen molar-refractivity contribution in [3.05, 3.63) is 65.2 Å². The lowest BCUT2D eigenvalue weighted by Crippen LogP contribution is -2.46. The minimum absolute atomic E-state index is 0.0220. The van der Waals surface area contributed by atoms with Gasteiger partial charge in [0.2, 0.25) is 0 Å². The summed E-state index contributed by atoms with van der Waals surface area (Å²) in [4.78, 5) is 17.3. The minimum atomic E-state index is -4.33. The van der Waals surface area contributed by atoms with Crippen molar-refractivity contribution in [1.82, 2.24) is 9.80 Å². The number of carbonyl (C=O) groups is 1. The van der Waals surface area contributed by atoms with E-state index in [0.29, 0.717) is 44.1 Å². The van der Waals surface area contributed by atoms with E-state index in [9.17, 15) is 18.0 Å². The van der Waals surface area contributed by atoms with Crippen LogP contribution >= 0.6 is 0 Å². The van der Waals surface area contributed by atoms with Gasteiger partial charge in [0.15, 0.2) is 0 Å². The lowest BCUT2D eigenvalue weighted by molar-refractivity contribution is -0.137. The van der Waals surface area contributed by atoms with Crippen molar-refractivity contribution in [2.75, 3.05) is 39.9 Å². The number of rotatable bonds is 3. The van der Waals surface area contributed by atoms with Gasteiger partial charge in [0, 0.05) is 44.8 Å². The first-order valence-corrected chi connectivity index (χ1v) is 12.3. The van der Waals surface area contributed by atoms with Gasteiger partial charge in [0.25, 0.3) is 5.91 Å². The van der Waals surface area contributed by atoms with Crippen LogP contribution in [0.2, 0.25) is 0 Å². The van der Waals surface area contributed by atoms with Crippen LogP contribution in [0, 0.1) is 5.92 Å². The number of amides is 1. The maximum atomic E-state index is 13.1. The monoisotopic (exact) mass is 490 g/mol. The van der Waals surface area contributed by atoms with E-state index in [-0.39, 0.29) is 17.9 Å². The average molecular weight is 491 g/mol. The zero-order valence-corrected chi connectivity index (χ0v) is 20.1. The predicted octanol–water partition coefficient (Wildman–Crippen LogP) is 5.25. The number of ether oxygens (including phenoxy) is 2. The largest absolute Gasteiger partial charge is 0.492 e. The third-order valence-corrected chi connectivity index (χ3v) is 7.00. The Balaban J connectivity index is 1.48. The Morgan fingerprint density at radius 1 is 1.03 bits per heavy atom. The van der Waals surface area contributed by atoms with E-state index in [2.05, 4.69) is 4.90 Å². The minimum Gasteiger partial charge on any atom is -0.492 e. The second-order valence-electron chi connectivity index (χ2n) is 9.42. The molecule has 35 heavy (non-hydrogen) atoms. The lowest BCUT2D eigenvalue weighted by atomic mass is 9.89. The van der Waals surface area contributed by atoms with Gasteiger partial charge >= 0.3 is 6.18 Å². The topological polar surface area (TPSA) is 42.0 Å². The Hall–Kier alpha value is -2.58. The van der Waals surface area contributed by atoms with Gasteiger partial charge in [-0.05, 0) is 61.7 Å². The van der Waals surface area contributed by atoms with E-state index in [1.165, 1.54) is 0 Å². The maximum absolute atomic E-state index is 13.1. The summed E-state index contributed by atoms with van der Waals surface area (Å²) in [6.45, 7) is 3.79. The SMILES string of the molecule is CO[C@@H]1CCN2C[C@@H]1CCCCN(Cc1ccc(C(F)(F)F)cc1)CCOc1cccc(c1)C2=O. The van der Waals surface area contributed by atoms with E-state index >= 15 is 0 Å². The van der Waals surface area contributed by atoms with Crippen LogP contribution in [0.15, 0.2) is 48.5 Å². The molecule has 2 aliphatic heterocycles. The Morgan fingerprint density at radius 3 is 2.57 bits per heavy atom. The van der Waals surface area contributed by atoms with Crippen molar-refractivity contribution < 1.29 is 27.4 Å². The smallest absolute Gasteiger partial charge is 0.416 e. The molecule has 4 bridgehead atoms. The molecule has 1 amide bonds. The van der Waals surface area contributed by atoms with Crippen LogP contribution in [-0.2, 0) is 17.5 Å². The molecule has 2 heterocycles. The second-order valence-corrected chi connectivity index (χ2v) is 9.42. The normalized spacial score (nSPS) is 22.7. The highest BCUT2D eigenvalue weighted by molar-refractivity contribution is 5.94. The van der Waals surface area contributed by atoms with Gasteiger partial charge in [-0.2, -0.15) is 13.2 Å². The molecule has 1 saturated heterocycles. The highest BCUT2D eigenvalue weighted by Crippen LogP contribution is 2.30. The van der Waals surface area contributed by atoms with Crippen LogP contribution in [-0.4, -0.2) is 61.7 Å². The number of fused-ring (bicyclic) bond motifs is 4. The number of nitrogens with zero attached hydrogens (tertiary/aromatic N) is 2. The Bertz CT molecular complexity index is 980. The van der Waals surface area contributed by atoms with Crippen molar-refractivity contribution in [2.24, 2.45) is 5.92 Å². The number of halogens is 3. The second kappa shape index (κ2) is 11.4. The van der Waals surface area contributed by atoms with E-state index in [1.807, 2.05) is 23.1 Å². The predicted molar refractivity (Wildman–Crippen MR) is 127 cm³/mol. The van der Waals surface area contributed by atoms with Crippen LogP contribution < -0.4 is 4.74 Å². The molecule has 2 aliphatic rings. The summed E-state index contributed by atoms with van der Waals surface area (Å²) in [5, 5.41) is 0. The van der Waals surface area contributed by atoms with Crippen molar-refractivity contribution in [3.63, 3.8) is 0 Å². The molecular weight excluding hydrogens is 457 g/mol. The number of carbonyl (C=O) groups excluding carboxylic acids is 1. The van der Waals surface area contributed by atoms with Crippen molar-refractivity contribution >= 4 is 5.91 Å². The van der Waals surface area contributed by atoms with Crippen LogP contribution in [0.5, 0.6) is 5.75 Å². The molecule has 8 heteroatoms. The molecular formula is C27H33F3N2O3. The van der Waals surface area contributed by atoms with Gasteiger partial charge in [-0.15, -0.1) is 0 Å². The zero-order valence-electron chi connectivity index (χ0n) is 20.1. The van der Waals surface area contributed by atoms with Gasteiger partial charge in [0.1, 0.15) is 12.4 Å². The Kier molecular flexibility index (Phi) is 8.34. The molecule has 0 saturated carbocycles. The van der Waals surface area contributed by atoms with E-state index < -0.39 is 11.7 Å². The molecule has 0 aromatic heterocycles. The van der Waals surface area contributed by atoms with Crippen molar-refractivity contribution in [1.29, 1.82) is 0 Å². The summed E-state index contributed by atoms with van der Waals surface area (Å²) in [5.74, 6) is 0.947. The van der Waals surface area contributed by atoms with Gasteiger partial charge in [0.05, 0.1) is 11.7 Å². The molecule has 2 aromatic rings. The summed E-state index contributed by atoms with van der Waals surface area (Å²) in [5.41, 5.74) is 0.824. The molecule has 2 atom stereocenters. The molecule has 0 unspecified atom stereocenters. The molecule has 0 N–H and O–H groups in total. The summed E-state index contributed by atoms with van der Waals surface area (Å²) >= 11 is 0. The number of methoxy groups -OCH3 is 1. The number of piperidine rings is 1. The van der Waals surface area contributed by atoms with Crippen molar-refractivity contribution in [3.8, 4) is 5.75 Å². The zero-order chi connectivity index (χ0) is 24.8. The molecule has 0 spiro atoms. The lowest BCUT2D eigenvalue weighted by Gasteiger charge is -2.38. The third kappa shape index (κ3) is 6.76. The van der Waals surface area contributed by atoms with Crippen LogP contribution in [0.3, 0.4) is 0 Å². The van der Waals surface area contributed by atoms with Crippen LogP contribution in [0.4, 0.5) is 13.2 Å².